The molecule has 10 nitrogen and oxygen atoms in total. The number of piperazine rings is 1. The lowest BCUT2D eigenvalue weighted by atomic mass is 10.1. The standard InChI is InChI=1S/C30H31F4N9O/c1-18-5-6-19(13-22(18)39-27-26-23(36-17-37-27)16-35-29(40-26)43-7-3-4-8-43)28(44)38-20-14-21(30(32,33)34)25(31)24(15-20)42-11-9-41(2)10-12-42/h5-6,13-17H,3-4,7-12H2,1-2H3,(H,38,44)(H,36,37,39). The van der Waals surface area contributed by atoms with E-state index in [2.05, 4.69) is 30.5 Å². The molecule has 0 spiro atoms. The predicted octanol–water partition coefficient (Wildman–Crippen LogP) is 5.23. The lowest BCUT2D eigenvalue weighted by Crippen LogP contribution is -2.45. The molecule has 0 radical (unpaired) electrons. The Morgan fingerprint density at radius 2 is 1.68 bits per heavy atom. The number of aromatic nitrogens is 4. The molecule has 2 aromatic carbocycles. The molecule has 1 amide bonds. The molecule has 2 fully saturated rings. The molecule has 4 aromatic rings. The molecule has 6 rings (SSSR count). The summed E-state index contributed by atoms with van der Waals surface area (Å²) < 4.78 is 56.6. The van der Waals surface area contributed by atoms with Gasteiger partial charge in [-0.2, -0.15) is 13.2 Å². The number of nitrogens with zero attached hydrogens (tertiary/aromatic N) is 7. The van der Waals surface area contributed by atoms with Crippen molar-refractivity contribution < 1.29 is 22.4 Å². The van der Waals surface area contributed by atoms with Crippen LogP contribution in [0.15, 0.2) is 42.9 Å². The van der Waals surface area contributed by atoms with Crippen LogP contribution in [0.2, 0.25) is 0 Å². The third-order valence-electron chi connectivity index (χ3n) is 7.97. The zero-order chi connectivity index (χ0) is 31.0. The van der Waals surface area contributed by atoms with Crippen LogP contribution < -0.4 is 20.4 Å². The molecule has 0 aliphatic carbocycles. The SMILES string of the molecule is Cc1ccc(C(=O)Nc2cc(N3CCN(C)CC3)c(F)c(C(F)(F)F)c2)cc1Nc1ncnc2cnc(N3CCCC3)nc12. The first-order valence-electron chi connectivity index (χ1n) is 14.3. The van der Waals surface area contributed by atoms with Gasteiger partial charge in [-0.05, 0) is 56.6 Å². The van der Waals surface area contributed by atoms with Gasteiger partial charge in [0.15, 0.2) is 11.6 Å². The Bertz CT molecular complexity index is 1700. The van der Waals surface area contributed by atoms with E-state index in [0.29, 0.717) is 60.7 Å². The number of hydrogen-bond acceptors (Lipinski definition) is 9. The van der Waals surface area contributed by atoms with E-state index in [4.69, 9.17) is 4.98 Å². The summed E-state index contributed by atoms with van der Waals surface area (Å²) in [5.41, 5.74) is 0.809. The van der Waals surface area contributed by atoms with Crippen LogP contribution in [-0.2, 0) is 6.18 Å². The average Bonchev–Trinajstić information content (AvgIpc) is 3.54. The van der Waals surface area contributed by atoms with E-state index in [1.54, 1.807) is 29.3 Å². The fraction of sp³-hybridized carbons (Fsp3) is 0.367. The molecule has 0 saturated carbocycles. The van der Waals surface area contributed by atoms with Crippen molar-refractivity contribution in [2.75, 3.05) is 66.7 Å². The minimum absolute atomic E-state index is 0.152. The number of aryl methyl sites for hydroxylation is 1. The second-order valence-corrected chi connectivity index (χ2v) is 11.1. The molecule has 230 valence electrons. The third kappa shape index (κ3) is 6.07. The van der Waals surface area contributed by atoms with Gasteiger partial charge in [0.2, 0.25) is 5.95 Å². The van der Waals surface area contributed by atoms with E-state index < -0.39 is 23.5 Å². The van der Waals surface area contributed by atoms with Gasteiger partial charge in [0, 0.05) is 56.2 Å². The van der Waals surface area contributed by atoms with Gasteiger partial charge in [0.25, 0.3) is 5.91 Å². The van der Waals surface area contributed by atoms with Gasteiger partial charge in [0.1, 0.15) is 17.4 Å². The third-order valence-corrected chi connectivity index (χ3v) is 7.97. The summed E-state index contributed by atoms with van der Waals surface area (Å²) in [5, 5.41) is 5.78. The second-order valence-electron chi connectivity index (χ2n) is 11.1. The van der Waals surface area contributed by atoms with Crippen LogP contribution in [0.5, 0.6) is 0 Å². The number of carbonyl (C=O) groups is 1. The number of fused-ring (bicyclic) bond motifs is 1. The highest BCUT2D eigenvalue weighted by atomic mass is 19.4. The number of hydrogen-bond donors (Lipinski definition) is 2. The summed E-state index contributed by atoms with van der Waals surface area (Å²) in [6.07, 6.45) is 0.233. The number of rotatable bonds is 6. The average molecular weight is 610 g/mol. The van der Waals surface area contributed by atoms with Crippen LogP contribution in [-0.4, -0.2) is 77.1 Å². The monoisotopic (exact) mass is 609 g/mol. The van der Waals surface area contributed by atoms with Gasteiger partial charge in [0.05, 0.1) is 17.4 Å². The summed E-state index contributed by atoms with van der Waals surface area (Å²) in [4.78, 5) is 36.8. The van der Waals surface area contributed by atoms with E-state index >= 15 is 4.39 Å². The molecule has 0 bridgehead atoms. The number of nitrogens with one attached hydrogen (secondary N) is 2. The summed E-state index contributed by atoms with van der Waals surface area (Å²) in [6, 6.07) is 6.75. The number of benzene rings is 2. The molecule has 4 heterocycles. The Kier molecular flexibility index (Phi) is 7.93. The zero-order valence-electron chi connectivity index (χ0n) is 24.2. The molecular formula is C30H31F4N9O. The fourth-order valence-corrected chi connectivity index (χ4v) is 5.40. The molecule has 2 aliphatic rings. The van der Waals surface area contributed by atoms with E-state index in [9.17, 15) is 18.0 Å². The Hall–Kier alpha value is -4.59. The van der Waals surface area contributed by atoms with Crippen molar-refractivity contribution in [2.24, 2.45) is 0 Å². The maximum atomic E-state index is 15.1. The van der Waals surface area contributed by atoms with Crippen LogP contribution in [0, 0.1) is 12.7 Å². The Labute approximate surface area is 251 Å². The Morgan fingerprint density at radius 3 is 2.41 bits per heavy atom. The first-order chi connectivity index (χ1) is 21.1. The number of halogens is 4. The Balaban J connectivity index is 1.28. The van der Waals surface area contributed by atoms with Crippen LogP contribution >= 0.6 is 0 Å². The van der Waals surface area contributed by atoms with Crippen LogP contribution in [0.25, 0.3) is 11.0 Å². The maximum absolute atomic E-state index is 15.1. The highest BCUT2D eigenvalue weighted by Crippen LogP contribution is 2.38. The summed E-state index contributed by atoms with van der Waals surface area (Å²) in [7, 11) is 1.89. The van der Waals surface area contributed by atoms with Gasteiger partial charge >= 0.3 is 6.18 Å². The first-order valence-corrected chi connectivity index (χ1v) is 14.3. The van der Waals surface area contributed by atoms with E-state index in [-0.39, 0.29) is 16.9 Å². The topological polar surface area (TPSA) is 102 Å². The number of anilines is 5. The lowest BCUT2D eigenvalue weighted by molar-refractivity contribution is -0.139. The molecule has 14 heteroatoms. The largest absolute Gasteiger partial charge is 0.419 e. The van der Waals surface area contributed by atoms with Gasteiger partial charge < -0.3 is 25.3 Å². The number of likely N-dealkylation sites (N-methyl/N-ethyl adjacent to an activating group) is 1. The molecule has 2 N–H and O–H groups in total. The zero-order valence-corrected chi connectivity index (χ0v) is 24.2. The second kappa shape index (κ2) is 11.8. The predicted molar refractivity (Wildman–Crippen MR) is 160 cm³/mol. The molecule has 2 saturated heterocycles. The minimum Gasteiger partial charge on any atom is -0.367 e. The van der Waals surface area contributed by atoms with Crippen LogP contribution in [0.3, 0.4) is 0 Å². The van der Waals surface area contributed by atoms with Crippen LogP contribution in [0.4, 0.5) is 46.4 Å². The van der Waals surface area contributed by atoms with Crippen molar-refractivity contribution in [2.45, 2.75) is 25.9 Å². The molecule has 0 atom stereocenters. The van der Waals surface area contributed by atoms with E-state index in [1.165, 1.54) is 12.4 Å². The molecule has 2 aromatic heterocycles. The molecule has 2 aliphatic heterocycles. The van der Waals surface area contributed by atoms with Gasteiger partial charge in [-0.15, -0.1) is 0 Å². The normalized spacial score (nSPS) is 16.0. The first kappa shape index (κ1) is 29.5. The van der Waals surface area contributed by atoms with Gasteiger partial charge in [-0.3, -0.25) is 4.79 Å². The smallest absolute Gasteiger partial charge is 0.367 e. The summed E-state index contributed by atoms with van der Waals surface area (Å²) in [6.45, 7) is 5.44. The molecular weight excluding hydrogens is 578 g/mol. The van der Waals surface area contributed by atoms with Crippen molar-refractivity contribution in [1.29, 1.82) is 0 Å². The van der Waals surface area contributed by atoms with Crippen molar-refractivity contribution >= 4 is 45.8 Å². The summed E-state index contributed by atoms with van der Waals surface area (Å²) >= 11 is 0. The lowest BCUT2D eigenvalue weighted by Gasteiger charge is -2.34. The van der Waals surface area contributed by atoms with Crippen molar-refractivity contribution in [1.82, 2.24) is 24.8 Å². The highest BCUT2D eigenvalue weighted by molar-refractivity contribution is 6.05. The molecule has 44 heavy (non-hydrogen) atoms. The fourth-order valence-electron chi connectivity index (χ4n) is 5.40. The van der Waals surface area contributed by atoms with E-state index in [1.807, 2.05) is 18.9 Å². The Morgan fingerprint density at radius 1 is 0.932 bits per heavy atom. The number of amides is 1. The van der Waals surface area contributed by atoms with Crippen molar-refractivity contribution in [3.63, 3.8) is 0 Å². The van der Waals surface area contributed by atoms with E-state index in [0.717, 1.165) is 31.5 Å². The van der Waals surface area contributed by atoms with Crippen molar-refractivity contribution in [3.05, 3.63) is 65.4 Å². The van der Waals surface area contributed by atoms with Gasteiger partial charge in [-0.1, -0.05) is 6.07 Å². The minimum atomic E-state index is -4.94. The summed E-state index contributed by atoms with van der Waals surface area (Å²) in [5.74, 6) is -0.992. The maximum Gasteiger partial charge on any atom is 0.419 e. The number of carbonyl (C=O) groups excluding carboxylic acids is 1. The number of alkyl halides is 3. The highest BCUT2D eigenvalue weighted by Gasteiger charge is 2.37. The van der Waals surface area contributed by atoms with Crippen molar-refractivity contribution in [3.8, 4) is 0 Å². The molecule has 0 unspecified atom stereocenters. The quantitative estimate of drug-likeness (QED) is 0.285. The van der Waals surface area contributed by atoms with Gasteiger partial charge in [-0.25, -0.2) is 24.3 Å². The van der Waals surface area contributed by atoms with Crippen LogP contribution in [0.1, 0.15) is 34.3 Å².